The van der Waals surface area contributed by atoms with E-state index in [1.165, 1.54) is 30.6 Å². The van der Waals surface area contributed by atoms with Gasteiger partial charge in [-0.3, -0.25) is 4.98 Å². The Balaban J connectivity index is 2.10. The SMILES string of the molecule is CC(C)(C)OC(=O)C(Nc1cccc(CNS(=O)(=O)c2cccnc2)n1)C(=O)O. The average molecular weight is 422 g/mol. The number of aliphatic carboxylic acids is 1. The smallest absolute Gasteiger partial charge is 0.340 e. The fourth-order valence-electron chi connectivity index (χ4n) is 2.15. The Morgan fingerprint density at radius 1 is 1.21 bits per heavy atom. The summed E-state index contributed by atoms with van der Waals surface area (Å²) in [6.45, 7) is 4.72. The number of esters is 1. The van der Waals surface area contributed by atoms with Crippen LogP contribution in [0.25, 0.3) is 0 Å². The predicted molar refractivity (Wildman–Crippen MR) is 103 cm³/mol. The molecule has 1 atom stereocenters. The number of rotatable bonds is 8. The Kier molecular flexibility index (Phi) is 6.88. The van der Waals surface area contributed by atoms with E-state index in [9.17, 15) is 23.1 Å². The van der Waals surface area contributed by atoms with E-state index < -0.39 is 33.6 Å². The molecular weight excluding hydrogens is 400 g/mol. The molecule has 0 spiro atoms. The van der Waals surface area contributed by atoms with Crippen LogP contribution in [0.1, 0.15) is 26.5 Å². The Morgan fingerprint density at radius 3 is 2.52 bits per heavy atom. The zero-order valence-electron chi connectivity index (χ0n) is 16.1. The molecule has 3 N–H and O–H groups in total. The molecule has 2 rings (SSSR count). The highest BCUT2D eigenvalue weighted by Gasteiger charge is 2.31. The first-order chi connectivity index (χ1) is 13.5. The van der Waals surface area contributed by atoms with Crippen molar-refractivity contribution in [3.8, 4) is 0 Å². The molecule has 0 bridgehead atoms. The molecular formula is C18H22N4O6S. The third-order valence-corrected chi connectivity index (χ3v) is 4.76. The molecule has 0 saturated carbocycles. The number of carboxylic acid groups (broad SMARTS) is 1. The highest BCUT2D eigenvalue weighted by atomic mass is 32.2. The molecule has 0 aliphatic carbocycles. The molecule has 0 aromatic carbocycles. The standard InChI is InChI=1S/C18H22N4O6S/c1-18(2,3)28-17(25)15(16(23)24)22-14-8-4-6-12(21-14)10-20-29(26,27)13-7-5-9-19-11-13/h4-9,11,15,20H,10H2,1-3H3,(H,21,22)(H,23,24). The van der Waals surface area contributed by atoms with E-state index in [0.717, 1.165) is 0 Å². The van der Waals surface area contributed by atoms with E-state index in [1.54, 1.807) is 32.9 Å². The fraction of sp³-hybridized carbons (Fsp3) is 0.333. The van der Waals surface area contributed by atoms with Crippen molar-refractivity contribution in [3.05, 3.63) is 48.4 Å². The van der Waals surface area contributed by atoms with Gasteiger partial charge in [-0.05, 0) is 45.0 Å². The van der Waals surface area contributed by atoms with Crippen molar-refractivity contribution in [2.45, 2.75) is 43.9 Å². The number of nitrogens with zero attached hydrogens (tertiary/aromatic N) is 2. The van der Waals surface area contributed by atoms with Gasteiger partial charge in [0, 0.05) is 12.4 Å². The van der Waals surface area contributed by atoms with Crippen LogP contribution in [0.4, 0.5) is 5.82 Å². The molecule has 11 heteroatoms. The van der Waals surface area contributed by atoms with Gasteiger partial charge in [0.1, 0.15) is 16.3 Å². The number of aromatic nitrogens is 2. The van der Waals surface area contributed by atoms with E-state index in [1.807, 2.05) is 0 Å². The van der Waals surface area contributed by atoms with Crippen LogP contribution >= 0.6 is 0 Å². The summed E-state index contributed by atoms with van der Waals surface area (Å²) in [6.07, 6.45) is 2.67. The van der Waals surface area contributed by atoms with Gasteiger partial charge in [0.25, 0.3) is 0 Å². The number of ether oxygens (including phenoxy) is 1. The van der Waals surface area contributed by atoms with Crippen molar-refractivity contribution in [2.75, 3.05) is 5.32 Å². The first-order valence-corrected chi connectivity index (χ1v) is 10.0. The topological polar surface area (TPSA) is 148 Å². The molecule has 2 aromatic heterocycles. The van der Waals surface area contributed by atoms with Crippen molar-refractivity contribution >= 4 is 27.8 Å². The maximum atomic E-state index is 12.2. The minimum absolute atomic E-state index is 0.00477. The van der Waals surface area contributed by atoms with Gasteiger partial charge in [-0.2, -0.15) is 0 Å². The molecule has 0 fully saturated rings. The highest BCUT2D eigenvalue weighted by Crippen LogP contribution is 2.13. The van der Waals surface area contributed by atoms with Crippen molar-refractivity contribution in [3.63, 3.8) is 0 Å². The third kappa shape index (κ3) is 6.80. The number of nitrogens with one attached hydrogen (secondary N) is 2. The van der Waals surface area contributed by atoms with Gasteiger partial charge in [0.2, 0.25) is 16.1 Å². The van der Waals surface area contributed by atoms with Crippen LogP contribution in [0.5, 0.6) is 0 Å². The van der Waals surface area contributed by atoms with Crippen LogP contribution in [-0.2, 0) is 30.9 Å². The number of carbonyl (C=O) groups is 2. The van der Waals surface area contributed by atoms with Gasteiger partial charge in [0.15, 0.2) is 0 Å². The minimum Gasteiger partial charge on any atom is -0.479 e. The molecule has 1 unspecified atom stereocenters. The maximum Gasteiger partial charge on any atom is 0.340 e. The Labute approximate surface area is 168 Å². The molecule has 29 heavy (non-hydrogen) atoms. The van der Waals surface area contributed by atoms with Crippen LogP contribution in [0.3, 0.4) is 0 Å². The summed E-state index contributed by atoms with van der Waals surface area (Å²) in [7, 11) is -3.78. The molecule has 0 radical (unpaired) electrons. The monoisotopic (exact) mass is 422 g/mol. The number of carboxylic acids is 1. The lowest BCUT2D eigenvalue weighted by Crippen LogP contribution is -2.42. The second kappa shape index (κ2) is 8.97. The summed E-state index contributed by atoms with van der Waals surface area (Å²) in [5.41, 5.74) is -0.539. The third-order valence-electron chi connectivity index (χ3n) is 3.38. The number of pyridine rings is 2. The largest absolute Gasteiger partial charge is 0.479 e. The first-order valence-electron chi connectivity index (χ1n) is 8.56. The quantitative estimate of drug-likeness (QED) is 0.421. The second-order valence-corrected chi connectivity index (χ2v) is 8.74. The molecule has 0 aliphatic heterocycles. The normalized spacial score (nSPS) is 12.8. The highest BCUT2D eigenvalue weighted by molar-refractivity contribution is 7.89. The Morgan fingerprint density at radius 2 is 1.93 bits per heavy atom. The van der Waals surface area contributed by atoms with Crippen LogP contribution < -0.4 is 10.0 Å². The summed E-state index contributed by atoms with van der Waals surface area (Å²) in [5.74, 6) is -2.31. The Hall–Kier alpha value is -3.05. The van der Waals surface area contributed by atoms with Crippen molar-refractivity contribution in [2.24, 2.45) is 0 Å². The minimum atomic E-state index is -3.78. The maximum absolute atomic E-state index is 12.2. The number of hydrogen-bond acceptors (Lipinski definition) is 8. The summed E-state index contributed by atoms with van der Waals surface area (Å²) in [6, 6.07) is 5.81. The van der Waals surface area contributed by atoms with E-state index in [-0.39, 0.29) is 17.3 Å². The number of sulfonamides is 1. The van der Waals surface area contributed by atoms with Gasteiger partial charge in [-0.1, -0.05) is 6.07 Å². The lowest BCUT2D eigenvalue weighted by atomic mass is 10.2. The molecule has 0 amide bonds. The van der Waals surface area contributed by atoms with Crippen LogP contribution in [0.15, 0.2) is 47.6 Å². The van der Waals surface area contributed by atoms with Gasteiger partial charge in [0.05, 0.1) is 12.2 Å². The van der Waals surface area contributed by atoms with E-state index >= 15 is 0 Å². The summed E-state index contributed by atoms with van der Waals surface area (Å²) >= 11 is 0. The summed E-state index contributed by atoms with van der Waals surface area (Å²) in [4.78, 5) is 31.5. The average Bonchev–Trinajstić information content (AvgIpc) is 2.64. The fourth-order valence-corrected chi connectivity index (χ4v) is 3.11. The molecule has 0 aliphatic rings. The van der Waals surface area contributed by atoms with E-state index in [4.69, 9.17) is 4.74 Å². The zero-order chi connectivity index (χ0) is 21.7. The molecule has 156 valence electrons. The lowest BCUT2D eigenvalue weighted by molar-refractivity contribution is -0.160. The van der Waals surface area contributed by atoms with Crippen molar-refractivity contribution in [1.82, 2.24) is 14.7 Å². The number of carbonyl (C=O) groups excluding carboxylic acids is 1. The van der Waals surface area contributed by atoms with Crippen molar-refractivity contribution < 1.29 is 27.9 Å². The zero-order valence-corrected chi connectivity index (χ0v) is 16.9. The molecule has 10 nitrogen and oxygen atoms in total. The number of anilines is 1. The van der Waals surface area contributed by atoms with Gasteiger partial charge >= 0.3 is 11.9 Å². The Bertz CT molecular complexity index is 973. The van der Waals surface area contributed by atoms with Gasteiger partial charge in [-0.25, -0.2) is 27.7 Å². The molecule has 2 heterocycles. The van der Waals surface area contributed by atoms with E-state index in [0.29, 0.717) is 5.69 Å². The van der Waals surface area contributed by atoms with Crippen LogP contribution in [0, 0.1) is 0 Å². The molecule has 0 saturated heterocycles. The van der Waals surface area contributed by atoms with Gasteiger partial charge in [-0.15, -0.1) is 0 Å². The van der Waals surface area contributed by atoms with Crippen LogP contribution in [-0.4, -0.2) is 47.1 Å². The summed E-state index contributed by atoms with van der Waals surface area (Å²) in [5, 5.41) is 11.8. The second-order valence-electron chi connectivity index (χ2n) is 6.98. The van der Waals surface area contributed by atoms with Crippen molar-refractivity contribution in [1.29, 1.82) is 0 Å². The molecule has 2 aromatic rings. The van der Waals surface area contributed by atoms with Gasteiger partial charge < -0.3 is 15.2 Å². The van der Waals surface area contributed by atoms with E-state index in [2.05, 4.69) is 20.0 Å². The first kappa shape index (κ1) is 22.2. The lowest BCUT2D eigenvalue weighted by Gasteiger charge is -2.23. The predicted octanol–water partition coefficient (Wildman–Crippen LogP) is 1.16. The van der Waals surface area contributed by atoms with Crippen LogP contribution in [0.2, 0.25) is 0 Å². The number of hydrogen-bond donors (Lipinski definition) is 3. The summed E-state index contributed by atoms with van der Waals surface area (Å²) < 4.78 is 32.0.